The molecule has 2 heterocycles. The molecule has 5 amide bonds. The van der Waals surface area contributed by atoms with Crippen molar-refractivity contribution < 1.29 is 28.4 Å². The van der Waals surface area contributed by atoms with E-state index in [0.29, 0.717) is 12.1 Å². The number of imide groups is 2. The molecule has 1 atom stereocenters. The van der Waals surface area contributed by atoms with Crippen molar-refractivity contribution in [3.05, 3.63) is 118 Å². The van der Waals surface area contributed by atoms with Gasteiger partial charge in [0.15, 0.2) is 0 Å². The number of hydrogen-bond donors (Lipinski definition) is 3. The van der Waals surface area contributed by atoms with Gasteiger partial charge in [-0.15, -0.1) is 0 Å². The lowest BCUT2D eigenvalue weighted by Gasteiger charge is -2.27. The number of rotatable bonds is 9. The second kappa shape index (κ2) is 12.2. The molecule has 10 heteroatoms. The van der Waals surface area contributed by atoms with Crippen LogP contribution in [0.1, 0.15) is 60.6 Å². The first-order valence-electron chi connectivity index (χ1n) is 14.4. The molecule has 2 aliphatic heterocycles. The molecular weight excluding hydrogens is 563 g/mol. The largest absolute Gasteiger partial charge is 0.348 e. The molecule has 1 unspecified atom stereocenters. The van der Waals surface area contributed by atoms with Gasteiger partial charge in [-0.2, -0.15) is 0 Å². The Morgan fingerprint density at radius 2 is 1.66 bits per heavy atom. The third-order valence-electron chi connectivity index (χ3n) is 8.04. The van der Waals surface area contributed by atoms with Crippen molar-refractivity contribution in [2.45, 2.75) is 38.4 Å². The van der Waals surface area contributed by atoms with Crippen molar-refractivity contribution in [2.24, 2.45) is 0 Å². The highest BCUT2D eigenvalue weighted by molar-refractivity contribution is 6.24. The van der Waals surface area contributed by atoms with Crippen molar-refractivity contribution in [1.82, 2.24) is 20.9 Å². The summed E-state index contributed by atoms with van der Waals surface area (Å²) in [4.78, 5) is 63.4. The summed E-state index contributed by atoms with van der Waals surface area (Å²) in [5, 5.41) is 10.6. The molecule has 2 aliphatic rings. The number of piperidine rings is 1. The Kier molecular flexibility index (Phi) is 7.99. The molecule has 6 rings (SSSR count). The zero-order valence-corrected chi connectivity index (χ0v) is 23.7. The van der Waals surface area contributed by atoms with Crippen molar-refractivity contribution in [3.8, 4) is 0 Å². The standard InChI is InChI=1S/C34H29FN4O5/c35-28-16-20(18-36-15-14-22-6-3-5-21-4-1-2-7-25(21)22)8-9-24(28)19-37-31(41)23-10-11-26-27(17-23)34(44)39(33(26)43)29-12-13-30(40)38-32(29)42/h1-11,16-17,29,36H,12-15,18-19H2,(H,37,41)(H,38,40,42). The highest BCUT2D eigenvalue weighted by Crippen LogP contribution is 2.28. The molecule has 0 radical (unpaired) electrons. The van der Waals surface area contributed by atoms with Crippen molar-refractivity contribution >= 4 is 40.3 Å². The van der Waals surface area contributed by atoms with E-state index in [2.05, 4.69) is 40.2 Å². The molecule has 44 heavy (non-hydrogen) atoms. The van der Waals surface area contributed by atoms with Crippen LogP contribution in [0.2, 0.25) is 0 Å². The number of nitrogens with one attached hydrogen (secondary N) is 3. The first kappa shape index (κ1) is 28.9. The van der Waals surface area contributed by atoms with Gasteiger partial charge in [0.1, 0.15) is 11.9 Å². The van der Waals surface area contributed by atoms with Gasteiger partial charge in [-0.1, -0.05) is 54.6 Å². The minimum atomic E-state index is -1.09. The number of carbonyl (C=O) groups is 5. The lowest BCUT2D eigenvalue weighted by atomic mass is 10.0. The minimum Gasteiger partial charge on any atom is -0.348 e. The first-order valence-corrected chi connectivity index (χ1v) is 14.4. The summed E-state index contributed by atoms with van der Waals surface area (Å²) in [5.74, 6) is -3.53. The van der Waals surface area contributed by atoms with E-state index < -0.39 is 41.4 Å². The van der Waals surface area contributed by atoms with Gasteiger partial charge in [0.2, 0.25) is 11.8 Å². The number of hydrogen-bond acceptors (Lipinski definition) is 6. The van der Waals surface area contributed by atoms with E-state index in [4.69, 9.17) is 0 Å². The van der Waals surface area contributed by atoms with E-state index in [-0.39, 0.29) is 36.1 Å². The zero-order chi connectivity index (χ0) is 30.8. The number of halogens is 1. The normalized spacial score (nSPS) is 16.3. The van der Waals surface area contributed by atoms with Gasteiger partial charge < -0.3 is 10.6 Å². The van der Waals surface area contributed by atoms with Crippen molar-refractivity contribution in [1.29, 1.82) is 0 Å². The molecule has 3 N–H and O–H groups in total. The lowest BCUT2D eigenvalue weighted by molar-refractivity contribution is -0.136. The second-order valence-corrected chi connectivity index (χ2v) is 10.9. The minimum absolute atomic E-state index is 0.00386. The third kappa shape index (κ3) is 5.71. The van der Waals surface area contributed by atoms with E-state index in [1.807, 2.05) is 18.2 Å². The van der Waals surface area contributed by atoms with Crippen LogP contribution in [0.4, 0.5) is 4.39 Å². The molecular formula is C34H29FN4O5. The fourth-order valence-corrected chi connectivity index (χ4v) is 5.70. The molecule has 9 nitrogen and oxygen atoms in total. The molecule has 0 saturated carbocycles. The average molecular weight is 593 g/mol. The van der Waals surface area contributed by atoms with Crippen molar-refractivity contribution in [3.63, 3.8) is 0 Å². The van der Waals surface area contributed by atoms with E-state index >= 15 is 0 Å². The van der Waals surface area contributed by atoms with Crippen LogP contribution >= 0.6 is 0 Å². The smallest absolute Gasteiger partial charge is 0.262 e. The van der Waals surface area contributed by atoms with Crippen molar-refractivity contribution in [2.75, 3.05) is 6.54 Å². The Hall–Kier alpha value is -5.22. The Bertz CT molecular complexity index is 1830. The monoisotopic (exact) mass is 592 g/mol. The maximum Gasteiger partial charge on any atom is 0.262 e. The molecule has 0 aliphatic carbocycles. The van der Waals surface area contributed by atoms with Gasteiger partial charge in [0, 0.05) is 30.6 Å². The highest BCUT2D eigenvalue weighted by atomic mass is 19.1. The average Bonchev–Trinajstić information content (AvgIpc) is 3.27. The van der Waals surface area contributed by atoms with Gasteiger partial charge >= 0.3 is 0 Å². The van der Waals surface area contributed by atoms with Crippen LogP contribution in [0.25, 0.3) is 10.8 Å². The molecule has 4 aromatic rings. The van der Waals surface area contributed by atoms with Gasteiger partial charge in [-0.05, 0) is 65.6 Å². The summed E-state index contributed by atoms with van der Waals surface area (Å²) < 4.78 is 14.9. The maximum atomic E-state index is 14.9. The summed E-state index contributed by atoms with van der Waals surface area (Å²) in [6, 6.07) is 22.3. The Morgan fingerprint density at radius 1 is 0.864 bits per heavy atom. The molecule has 0 aromatic heterocycles. The van der Waals surface area contributed by atoms with Crippen LogP contribution in [-0.4, -0.2) is 47.0 Å². The van der Waals surface area contributed by atoms with Crippen LogP contribution < -0.4 is 16.0 Å². The number of nitrogens with zero attached hydrogens (tertiary/aromatic N) is 1. The van der Waals surface area contributed by atoms with Crippen LogP contribution in [0.5, 0.6) is 0 Å². The molecule has 222 valence electrons. The van der Waals surface area contributed by atoms with Crippen LogP contribution in [-0.2, 0) is 29.1 Å². The summed E-state index contributed by atoms with van der Waals surface area (Å²) >= 11 is 0. The Balaban J connectivity index is 1.03. The van der Waals surface area contributed by atoms with Gasteiger partial charge in [-0.25, -0.2) is 4.39 Å². The van der Waals surface area contributed by atoms with Gasteiger partial charge in [-0.3, -0.25) is 34.2 Å². The molecule has 1 saturated heterocycles. The Morgan fingerprint density at radius 3 is 2.48 bits per heavy atom. The van der Waals surface area contributed by atoms with E-state index in [1.54, 1.807) is 12.1 Å². The first-order chi connectivity index (χ1) is 21.3. The third-order valence-corrected chi connectivity index (χ3v) is 8.04. The summed E-state index contributed by atoms with van der Waals surface area (Å²) in [7, 11) is 0. The number of amides is 5. The number of carbonyl (C=O) groups excluding carboxylic acids is 5. The predicted molar refractivity (Wildman–Crippen MR) is 160 cm³/mol. The molecule has 0 spiro atoms. The topological polar surface area (TPSA) is 125 Å². The van der Waals surface area contributed by atoms with Gasteiger partial charge in [0.25, 0.3) is 17.7 Å². The van der Waals surface area contributed by atoms with Crippen LogP contribution in [0, 0.1) is 5.82 Å². The zero-order valence-electron chi connectivity index (χ0n) is 23.7. The van der Waals surface area contributed by atoms with Crippen LogP contribution in [0.15, 0.2) is 78.9 Å². The van der Waals surface area contributed by atoms with E-state index in [1.165, 1.54) is 40.6 Å². The Labute approximate surface area is 252 Å². The number of fused-ring (bicyclic) bond motifs is 2. The fourth-order valence-electron chi connectivity index (χ4n) is 5.70. The summed E-state index contributed by atoms with van der Waals surface area (Å²) in [6.45, 7) is 1.14. The van der Waals surface area contributed by atoms with Gasteiger partial charge in [0.05, 0.1) is 11.1 Å². The predicted octanol–water partition coefficient (Wildman–Crippen LogP) is 3.64. The highest BCUT2D eigenvalue weighted by Gasteiger charge is 2.44. The second-order valence-electron chi connectivity index (χ2n) is 10.9. The van der Waals surface area contributed by atoms with E-state index in [9.17, 15) is 28.4 Å². The molecule has 0 bridgehead atoms. The summed E-state index contributed by atoms with van der Waals surface area (Å²) in [5.41, 5.74) is 2.51. The fraction of sp³-hybridized carbons (Fsp3) is 0.206. The quantitative estimate of drug-likeness (QED) is 0.201. The molecule has 1 fully saturated rings. The summed E-state index contributed by atoms with van der Waals surface area (Å²) in [6.07, 6.45) is 0.887. The lowest BCUT2D eigenvalue weighted by Crippen LogP contribution is -2.54. The van der Waals surface area contributed by atoms with Crippen LogP contribution in [0.3, 0.4) is 0 Å². The maximum absolute atomic E-state index is 14.9. The SMILES string of the molecule is O=C1CCC(N2C(=O)c3ccc(C(=O)NCc4ccc(CNCCc5cccc6ccccc56)cc4F)cc3C2=O)C(=O)N1. The number of benzene rings is 4. The molecule has 4 aromatic carbocycles. The van der Waals surface area contributed by atoms with E-state index in [0.717, 1.165) is 23.4 Å².